The normalized spacial score (nSPS) is 29.6. The Hall–Kier alpha value is -2.94. The van der Waals surface area contributed by atoms with Gasteiger partial charge in [-0.15, -0.1) is 0 Å². The van der Waals surface area contributed by atoms with Crippen molar-refractivity contribution in [2.24, 2.45) is 0 Å². The lowest BCUT2D eigenvalue weighted by atomic mass is 9.93. The average molecular weight is 469 g/mol. The Balaban J connectivity index is 1.71. The summed E-state index contributed by atoms with van der Waals surface area (Å²) in [5.41, 5.74) is 6.00. The minimum atomic E-state index is -0.737. The van der Waals surface area contributed by atoms with Gasteiger partial charge in [0.1, 0.15) is 18.6 Å². The van der Waals surface area contributed by atoms with E-state index in [0.29, 0.717) is 6.54 Å². The first-order chi connectivity index (χ1) is 17.1. The fourth-order valence-corrected chi connectivity index (χ4v) is 7.47. The molecule has 2 aromatic heterocycles. The highest BCUT2D eigenvalue weighted by Crippen LogP contribution is 2.54. The molecular formula is C28H28N4O3. The Bertz CT molecular complexity index is 1700. The number of nitrogens with one attached hydrogen (secondary N) is 2. The summed E-state index contributed by atoms with van der Waals surface area (Å²) in [7, 11) is 3.79. The van der Waals surface area contributed by atoms with Crippen LogP contribution in [0.1, 0.15) is 36.9 Å². The van der Waals surface area contributed by atoms with Crippen LogP contribution in [0.25, 0.3) is 43.6 Å². The van der Waals surface area contributed by atoms with E-state index in [0.717, 1.165) is 44.8 Å². The summed E-state index contributed by atoms with van der Waals surface area (Å²) in [4.78, 5) is 0. The Kier molecular flexibility index (Phi) is 3.84. The number of aliphatic hydroxyl groups excluding tert-OH is 1. The smallest absolute Gasteiger partial charge is 0.173 e. The van der Waals surface area contributed by atoms with Crippen molar-refractivity contribution >= 4 is 43.6 Å². The van der Waals surface area contributed by atoms with Crippen LogP contribution in [-0.2, 0) is 21.7 Å². The van der Waals surface area contributed by atoms with Gasteiger partial charge < -0.3 is 29.0 Å². The van der Waals surface area contributed by atoms with Crippen LogP contribution in [0.3, 0.4) is 0 Å². The van der Waals surface area contributed by atoms with Crippen molar-refractivity contribution in [2.45, 2.75) is 50.2 Å². The molecule has 0 amide bonds. The number of hydrogen-bond donors (Lipinski definition) is 3. The third-order valence-corrected chi connectivity index (χ3v) is 8.73. The zero-order valence-corrected chi connectivity index (χ0v) is 20.0. The maximum absolute atomic E-state index is 11.2. The molecule has 3 aromatic carbocycles. The molecule has 3 aliphatic rings. The van der Waals surface area contributed by atoms with E-state index in [1.807, 2.05) is 7.05 Å². The molecule has 5 aromatic rings. The van der Waals surface area contributed by atoms with Gasteiger partial charge in [0.2, 0.25) is 0 Å². The molecule has 3 unspecified atom stereocenters. The number of ether oxygens (including phenoxy) is 2. The molecule has 7 heteroatoms. The molecule has 3 N–H and O–H groups in total. The van der Waals surface area contributed by atoms with E-state index in [9.17, 15) is 5.11 Å². The number of rotatable bonds is 2. The van der Waals surface area contributed by atoms with E-state index in [4.69, 9.17) is 9.47 Å². The van der Waals surface area contributed by atoms with Gasteiger partial charge >= 0.3 is 0 Å². The molecule has 1 fully saturated rings. The van der Waals surface area contributed by atoms with Gasteiger partial charge in [-0.25, -0.2) is 0 Å². The van der Waals surface area contributed by atoms with Crippen LogP contribution in [0.2, 0.25) is 0 Å². The topological polar surface area (TPSA) is 72.6 Å². The predicted molar refractivity (Wildman–Crippen MR) is 136 cm³/mol. The van der Waals surface area contributed by atoms with E-state index < -0.39 is 12.0 Å². The van der Waals surface area contributed by atoms with Crippen LogP contribution in [0.4, 0.5) is 0 Å². The lowest BCUT2D eigenvalue weighted by molar-refractivity contribution is -0.256. The van der Waals surface area contributed by atoms with Crippen LogP contribution < -0.4 is 10.6 Å². The third kappa shape index (κ3) is 2.21. The fourth-order valence-electron chi connectivity index (χ4n) is 7.47. The maximum atomic E-state index is 11.2. The molecule has 178 valence electrons. The molecule has 8 rings (SSSR count). The van der Waals surface area contributed by atoms with Crippen LogP contribution in [-0.4, -0.2) is 40.5 Å². The first kappa shape index (κ1) is 20.3. The number of likely N-dealkylation sites (N-methyl/N-ethyl adjacent to an activating group) is 1. The number of hydrogen-bond acceptors (Lipinski definition) is 5. The van der Waals surface area contributed by atoms with Crippen molar-refractivity contribution in [1.29, 1.82) is 0 Å². The van der Waals surface area contributed by atoms with Crippen molar-refractivity contribution in [2.75, 3.05) is 14.2 Å². The zero-order valence-electron chi connectivity index (χ0n) is 20.0. The summed E-state index contributed by atoms with van der Waals surface area (Å²) >= 11 is 0. The molecule has 3 aliphatic heterocycles. The number of aromatic nitrogens is 2. The van der Waals surface area contributed by atoms with Crippen molar-refractivity contribution in [1.82, 2.24) is 19.8 Å². The Morgan fingerprint density at radius 1 is 1.06 bits per heavy atom. The van der Waals surface area contributed by atoms with Crippen molar-refractivity contribution in [3.05, 3.63) is 59.7 Å². The number of para-hydroxylation sites is 2. The SMILES string of the molecule is CN[C@H]1CC2OC(C)([C@H]1OC)n1c3ccccc3c3c4c(c5c6ccccc6n2c5c31)C(O)NC4. The quantitative estimate of drug-likeness (QED) is 0.362. The number of aliphatic hydroxyl groups is 1. The number of fused-ring (bicyclic) bond motifs is 13. The summed E-state index contributed by atoms with van der Waals surface area (Å²) in [6.07, 6.45) is -0.296. The van der Waals surface area contributed by atoms with Crippen LogP contribution in [0, 0.1) is 0 Å². The standard InChI is InChI=1S/C28H28N4O3/c1-28-26(34-3)17(29-2)12-20(35-28)31-18-10-6-4-8-14(18)22-23-16(13-30-27(23)33)21-15-9-5-7-11-19(15)32(28)25(21)24(22)31/h4-11,17,20,26-27,29-30,33H,12-13H2,1-3H3/t17-,20?,26-,27?,28?/m0/s1. The third-order valence-electron chi connectivity index (χ3n) is 8.73. The zero-order chi connectivity index (χ0) is 23.6. The predicted octanol–water partition coefficient (Wildman–Crippen LogP) is 4.20. The monoisotopic (exact) mass is 468 g/mol. The molecule has 5 atom stereocenters. The average Bonchev–Trinajstić information content (AvgIpc) is 3.51. The van der Waals surface area contributed by atoms with Gasteiger partial charge in [0.15, 0.2) is 5.72 Å². The molecule has 0 radical (unpaired) electrons. The van der Waals surface area contributed by atoms with E-state index in [2.05, 4.69) is 75.2 Å². The maximum Gasteiger partial charge on any atom is 0.173 e. The van der Waals surface area contributed by atoms with Gasteiger partial charge in [-0.2, -0.15) is 0 Å². The van der Waals surface area contributed by atoms with Crippen molar-refractivity contribution < 1.29 is 14.6 Å². The van der Waals surface area contributed by atoms with Crippen molar-refractivity contribution in [3.8, 4) is 0 Å². The minimum absolute atomic E-state index is 0.101. The van der Waals surface area contributed by atoms with Crippen LogP contribution >= 0.6 is 0 Å². The molecule has 5 heterocycles. The Labute approximate surface area is 202 Å². The summed E-state index contributed by atoms with van der Waals surface area (Å²) in [5, 5.41) is 22.7. The van der Waals surface area contributed by atoms with Gasteiger partial charge in [0, 0.05) is 53.2 Å². The summed E-state index contributed by atoms with van der Waals surface area (Å²) in [6, 6.07) is 17.2. The number of nitrogens with zero attached hydrogens (tertiary/aromatic N) is 2. The number of benzene rings is 3. The second-order valence-electron chi connectivity index (χ2n) is 10.3. The van der Waals surface area contributed by atoms with Gasteiger partial charge in [-0.1, -0.05) is 36.4 Å². The second-order valence-corrected chi connectivity index (χ2v) is 10.3. The van der Waals surface area contributed by atoms with E-state index >= 15 is 0 Å². The van der Waals surface area contributed by atoms with Gasteiger partial charge in [0.05, 0.1) is 22.1 Å². The van der Waals surface area contributed by atoms with E-state index in [1.165, 1.54) is 16.3 Å². The summed E-state index contributed by atoms with van der Waals surface area (Å²) < 4.78 is 18.1. The molecular weight excluding hydrogens is 440 g/mol. The van der Waals surface area contributed by atoms with Gasteiger partial charge in [-0.05, 0) is 31.7 Å². The molecule has 7 nitrogen and oxygen atoms in total. The molecule has 0 aliphatic carbocycles. The van der Waals surface area contributed by atoms with Gasteiger partial charge in [0.25, 0.3) is 0 Å². The Morgan fingerprint density at radius 3 is 2.51 bits per heavy atom. The van der Waals surface area contributed by atoms with E-state index in [-0.39, 0.29) is 18.4 Å². The van der Waals surface area contributed by atoms with E-state index in [1.54, 1.807) is 7.11 Å². The first-order valence-corrected chi connectivity index (χ1v) is 12.4. The summed E-state index contributed by atoms with van der Waals surface area (Å²) in [5.74, 6) is 0. The van der Waals surface area contributed by atoms with Crippen molar-refractivity contribution in [3.63, 3.8) is 0 Å². The minimum Gasteiger partial charge on any atom is -0.375 e. The largest absolute Gasteiger partial charge is 0.375 e. The molecule has 35 heavy (non-hydrogen) atoms. The summed E-state index contributed by atoms with van der Waals surface area (Å²) in [6.45, 7) is 2.80. The highest BCUT2D eigenvalue weighted by molar-refractivity contribution is 6.25. The lowest BCUT2D eigenvalue weighted by Gasteiger charge is -2.48. The highest BCUT2D eigenvalue weighted by Gasteiger charge is 2.53. The fraction of sp³-hybridized carbons (Fsp3) is 0.357. The molecule has 2 bridgehead atoms. The lowest BCUT2D eigenvalue weighted by Crippen LogP contribution is -2.59. The number of methoxy groups -OCH3 is 1. The van der Waals surface area contributed by atoms with Gasteiger partial charge in [-0.3, -0.25) is 5.32 Å². The molecule has 0 spiro atoms. The van der Waals surface area contributed by atoms with Crippen LogP contribution in [0.5, 0.6) is 0 Å². The highest BCUT2D eigenvalue weighted by atomic mass is 16.6. The first-order valence-electron chi connectivity index (χ1n) is 12.4. The molecule has 0 saturated carbocycles. The Morgan fingerprint density at radius 2 is 1.77 bits per heavy atom. The molecule has 1 saturated heterocycles. The second kappa shape index (κ2) is 6.63. The van der Waals surface area contributed by atoms with Crippen LogP contribution in [0.15, 0.2) is 48.5 Å².